The molecule has 0 unspecified atom stereocenters. The predicted octanol–water partition coefficient (Wildman–Crippen LogP) is 2.55. The van der Waals surface area contributed by atoms with Crippen molar-refractivity contribution in [2.24, 2.45) is 0 Å². The molecule has 0 aliphatic carbocycles. The van der Waals surface area contributed by atoms with E-state index < -0.39 is 17.5 Å². The first-order chi connectivity index (χ1) is 14.9. The van der Waals surface area contributed by atoms with E-state index in [2.05, 4.69) is 20.4 Å². The van der Waals surface area contributed by atoms with Gasteiger partial charge in [0.15, 0.2) is 23.3 Å². The minimum absolute atomic E-state index is 0.00450. The summed E-state index contributed by atoms with van der Waals surface area (Å²) >= 11 is 0. The number of amides is 1. The lowest BCUT2D eigenvalue weighted by Crippen LogP contribution is -2.44. The second-order valence-corrected chi connectivity index (χ2v) is 7.17. The third kappa shape index (κ3) is 4.16. The number of hydrogen-bond donors (Lipinski definition) is 1. The number of rotatable bonds is 6. The molecule has 8 nitrogen and oxygen atoms in total. The van der Waals surface area contributed by atoms with Gasteiger partial charge >= 0.3 is 0 Å². The molecule has 0 spiro atoms. The number of aromatic nitrogens is 4. The van der Waals surface area contributed by atoms with E-state index in [0.717, 1.165) is 17.7 Å². The Labute approximate surface area is 176 Å². The van der Waals surface area contributed by atoms with Gasteiger partial charge in [0.2, 0.25) is 11.9 Å². The van der Waals surface area contributed by atoms with Crippen LogP contribution in [0.3, 0.4) is 0 Å². The Morgan fingerprint density at radius 3 is 2.58 bits per heavy atom. The Hall–Kier alpha value is -3.63. The molecule has 1 aliphatic heterocycles. The van der Waals surface area contributed by atoms with Crippen molar-refractivity contribution in [2.45, 2.75) is 20.0 Å². The highest BCUT2D eigenvalue weighted by Crippen LogP contribution is 2.30. The van der Waals surface area contributed by atoms with Crippen LogP contribution in [0, 0.1) is 17.5 Å². The van der Waals surface area contributed by atoms with Crippen molar-refractivity contribution in [2.75, 3.05) is 35.3 Å². The first kappa shape index (κ1) is 20.6. The molecule has 2 aromatic heterocycles. The fourth-order valence-electron chi connectivity index (χ4n) is 3.42. The maximum absolute atomic E-state index is 13.4. The third-order valence-corrected chi connectivity index (χ3v) is 4.92. The Morgan fingerprint density at radius 1 is 1.13 bits per heavy atom. The number of fused-ring (bicyclic) bond motifs is 1. The number of nitrogens with one attached hydrogen (secondary N) is 1. The van der Waals surface area contributed by atoms with Gasteiger partial charge in [0, 0.05) is 31.9 Å². The van der Waals surface area contributed by atoms with Crippen LogP contribution in [0.15, 0.2) is 30.7 Å². The molecule has 3 aromatic rings. The van der Waals surface area contributed by atoms with Crippen molar-refractivity contribution < 1.29 is 18.0 Å². The van der Waals surface area contributed by atoms with Crippen LogP contribution in [0.4, 0.5) is 30.6 Å². The summed E-state index contributed by atoms with van der Waals surface area (Å²) < 4.78 is 41.3. The van der Waals surface area contributed by atoms with E-state index >= 15 is 0 Å². The molecule has 0 fully saturated rings. The molecule has 1 aliphatic rings. The van der Waals surface area contributed by atoms with Gasteiger partial charge in [-0.15, -0.1) is 0 Å². The summed E-state index contributed by atoms with van der Waals surface area (Å²) in [5.41, 5.74) is 1.72. The van der Waals surface area contributed by atoms with Gasteiger partial charge < -0.3 is 15.1 Å². The van der Waals surface area contributed by atoms with Crippen molar-refractivity contribution >= 4 is 23.4 Å². The van der Waals surface area contributed by atoms with Gasteiger partial charge in [0.05, 0.1) is 25.5 Å². The van der Waals surface area contributed by atoms with Crippen LogP contribution >= 0.6 is 0 Å². The van der Waals surface area contributed by atoms with E-state index in [1.165, 1.54) is 4.68 Å². The summed E-state index contributed by atoms with van der Waals surface area (Å²) in [6, 6.07) is 1.89. The molecular formula is C20H20F3N7O. The highest BCUT2D eigenvalue weighted by Gasteiger charge is 2.28. The van der Waals surface area contributed by atoms with E-state index in [4.69, 9.17) is 0 Å². The number of benzene rings is 1. The number of nitrogens with zero attached hydrogens (tertiary/aromatic N) is 6. The summed E-state index contributed by atoms with van der Waals surface area (Å²) in [5, 5.41) is 7.27. The monoisotopic (exact) mass is 431 g/mol. The molecule has 31 heavy (non-hydrogen) atoms. The van der Waals surface area contributed by atoms with Crippen LogP contribution in [0.25, 0.3) is 0 Å². The molecule has 162 valence electrons. The molecule has 0 saturated carbocycles. The fraction of sp³-hybridized carbons (Fsp3) is 0.300. The Bertz CT molecular complexity index is 1110. The van der Waals surface area contributed by atoms with Crippen LogP contribution in [0.2, 0.25) is 0 Å². The molecular weight excluding hydrogens is 411 g/mol. The summed E-state index contributed by atoms with van der Waals surface area (Å²) in [4.78, 5) is 24.3. The number of likely N-dealkylation sites (N-methyl/N-ethyl adjacent to an activating group) is 2. The number of anilines is 3. The number of carbonyl (C=O) groups is 1. The zero-order chi connectivity index (χ0) is 22.1. The summed E-state index contributed by atoms with van der Waals surface area (Å²) in [5.74, 6) is -2.91. The minimum Gasteiger partial charge on any atom is -0.350 e. The highest BCUT2D eigenvalue weighted by molar-refractivity contribution is 6.02. The van der Waals surface area contributed by atoms with Gasteiger partial charge in [-0.3, -0.25) is 9.48 Å². The molecule has 11 heteroatoms. The third-order valence-electron chi connectivity index (χ3n) is 4.92. The SMILES string of the molecule is CCN1C(=O)CN(C)c2nc(NCc3cnn(Cc4cc(F)c(F)c(F)c4)c3)ncc21. The molecule has 3 heterocycles. The smallest absolute Gasteiger partial charge is 0.246 e. The van der Waals surface area contributed by atoms with Crippen molar-refractivity contribution in [1.29, 1.82) is 0 Å². The maximum atomic E-state index is 13.4. The van der Waals surface area contributed by atoms with E-state index in [1.807, 2.05) is 6.92 Å². The normalized spacial score (nSPS) is 13.5. The Kier molecular flexibility index (Phi) is 5.49. The minimum atomic E-state index is -1.49. The van der Waals surface area contributed by atoms with Gasteiger partial charge in [-0.2, -0.15) is 10.1 Å². The van der Waals surface area contributed by atoms with Gasteiger partial charge in [0.1, 0.15) is 5.69 Å². The van der Waals surface area contributed by atoms with Gasteiger partial charge in [-0.05, 0) is 24.6 Å². The summed E-state index contributed by atoms with van der Waals surface area (Å²) in [6.07, 6.45) is 4.92. The lowest BCUT2D eigenvalue weighted by molar-refractivity contribution is -0.117. The van der Waals surface area contributed by atoms with E-state index in [9.17, 15) is 18.0 Å². The zero-order valence-electron chi connectivity index (χ0n) is 16.9. The number of carbonyl (C=O) groups excluding carboxylic acids is 1. The predicted molar refractivity (Wildman–Crippen MR) is 108 cm³/mol. The van der Waals surface area contributed by atoms with Crippen molar-refractivity contribution in [3.05, 3.63) is 59.3 Å². The van der Waals surface area contributed by atoms with Crippen molar-refractivity contribution in [3.8, 4) is 0 Å². The van der Waals surface area contributed by atoms with Crippen LogP contribution in [0.5, 0.6) is 0 Å². The molecule has 0 bridgehead atoms. The van der Waals surface area contributed by atoms with E-state index in [-0.39, 0.29) is 24.6 Å². The lowest BCUT2D eigenvalue weighted by atomic mass is 10.2. The van der Waals surface area contributed by atoms with Crippen molar-refractivity contribution in [3.63, 3.8) is 0 Å². The largest absolute Gasteiger partial charge is 0.350 e. The molecule has 1 N–H and O–H groups in total. The van der Waals surface area contributed by atoms with Crippen LogP contribution in [0.1, 0.15) is 18.1 Å². The van der Waals surface area contributed by atoms with Crippen LogP contribution in [-0.4, -0.2) is 45.8 Å². The molecule has 0 saturated heterocycles. The second-order valence-electron chi connectivity index (χ2n) is 7.17. The van der Waals surface area contributed by atoms with Gasteiger partial charge in [0.25, 0.3) is 0 Å². The van der Waals surface area contributed by atoms with E-state index in [1.54, 1.807) is 35.4 Å². The van der Waals surface area contributed by atoms with E-state index in [0.29, 0.717) is 30.5 Å². The average Bonchev–Trinajstić information content (AvgIpc) is 3.18. The maximum Gasteiger partial charge on any atom is 0.246 e. The topological polar surface area (TPSA) is 79.2 Å². The fourth-order valence-corrected chi connectivity index (χ4v) is 3.42. The van der Waals surface area contributed by atoms with Crippen LogP contribution < -0.4 is 15.1 Å². The summed E-state index contributed by atoms with van der Waals surface area (Å²) in [6.45, 7) is 3.14. The van der Waals surface area contributed by atoms with Gasteiger partial charge in [-0.25, -0.2) is 18.2 Å². The quantitative estimate of drug-likeness (QED) is 0.605. The number of halogens is 3. The van der Waals surface area contributed by atoms with Gasteiger partial charge in [-0.1, -0.05) is 0 Å². The van der Waals surface area contributed by atoms with Crippen LogP contribution in [-0.2, 0) is 17.9 Å². The number of hydrogen-bond acceptors (Lipinski definition) is 6. The first-order valence-electron chi connectivity index (χ1n) is 9.63. The average molecular weight is 431 g/mol. The lowest BCUT2D eigenvalue weighted by Gasteiger charge is -2.33. The molecule has 4 rings (SSSR count). The molecule has 1 aromatic carbocycles. The standard InChI is InChI=1S/C20H20F3N7O/c1-3-30-16-8-25-20(27-19(16)28(2)11-17(30)31)24-6-13-7-26-29(10-13)9-12-4-14(21)18(23)15(22)5-12/h4-5,7-8,10H,3,6,9,11H2,1-2H3,(H,24,25,27). The molecule has 0 radical (unpaired) electrons. The summed E-state index contributed by atoms with van der Waals surface area (Å²) in [7, 11) is 1.80. The Balaban J connectivity index is 1.43. The highest BCUT2D eigenvalue weighted by atomic mass is 19.2. The first-order valence-corrected chi connectivity index (χ1v) is 9.63. The Morgan fingerprint density at radius 2 is 1.87 bits per heavy atom. The van der Waals surface area contributed by atoms with Crippen molar-refractivity contribution in [1.82, 2.24) is 19.7 Å². The zero-order valence-corrected chi connectivity index (χ0v) is 16.9. The molecule has 1 amide bonds. The second kappa shape index (κ2) is 8.25. The molecule has 0 atom stereocenters.